The van der Waals surface area contributed by atoms with Gasteiger partial charge in [0.1, 0.15) is 0 Å². The molecule has 0 saturated heterocycles. The zero-order valence-electron chi connectivity index (χ0n) is 8.19. The molecule has 1 saturated carbocycles. The summed E-state index contributed by atoms with van der Waals surface area (Å²) in [7, 11) is 0. The Morgan fingerprint density at radius 2 is 1.36 bits per heavy atom. The van der Waals surface area contributed by atoms with Gasteiger partial charge in [-0.1, -0.05) is 24.3 Å². The largest absolute Gasteiger partial charge is 0.396 e. The summed E-state index contributed by atoms with van der Waals surface area (Å²) in [6.45, 7) is 0.423. The predicted octanol–water partition coefficient (Wildman–Crippen LogP) is 1.11. The summed E-state index contributed by atoms with van der Waals surface area (Å²) in [5.41, 5.74) is -0.0914. The number of hydrogen-bond acceptors (Lipinski definition) is 2. The zero-order valence-corrected chi connectivity index (χ0v) is 8.19. The van der Waals surface area contributed by atoms with Crippen molar-refractivity contribution in [1.29, 1.82) is 0 Å². The van der Waals surface area contributed by atoms with E-state index in [0.29, 0.717) is 11.8 Å². The van der Waals surface area contributed by atoms with Crippen LogP contribution >= 0.6 is 0 Å². The van der Waals surface area contributed by atoms with E-state index in [4.69, 9.17) is 0 Å². The molecule has 0 aromatic carbocycles. The van der Waals surface area contributed by atoms with Gasteiger partial charge in [-0.2, -0.15) is 0 Å². The molecule has 2 nitrogen and oxygen atoms in total. The van der Waals surface area contributed by atoms with Crippen LogP contribution in [0.5, 0.6) is 0 Å². The van der Waals surface area contributed by atoms with E-state index in [0.717, 1.165) is 12.8 Å². The fraction of sp³-hybridized carbons (Fsp3) is 0.667. The molecule has 2 heteroatoms. The molecular formula is C12H16O2. The van der Waals surface area contributed by atoms with Crippen molar-refractivity contribution in [1.82, 2.24) is 0 Å². The minimum absolute atomic E-state index is 0.0457. The lowest BCUT2D eigenvalue weighted by molar-refractivity contribution is -0.226. The minimum atomic E-state index is -0.0457. The molecule has 2 N–H and O–H groups in total. The second-order valence-corrected chi connectivity index (χ2v) is 4.94. The molecule has 1 fully saturated rings. The number of aliphatic hydroxyl groups excluding tert-OH is 2. The van der Waals surface area contributed by atoms with Gasteiger partial charge in [0.2, 0.25) is 0 Å². The van der Waals surface area contributed by atoms with Gasteiger partial charge in [-0.3, -0.25) is 0 Å². The Labute approximate surface area is 83.9 Å². The average molecular weight is 192 g/mol. The van der Waals surface area contributed by atoms with Crippen LogP contribution in [0, 0.1) is 22.7 Å². The average Bonchev–Trinajstić information content (AvgIpc) is 2.18. The first kappa shape index (κ1) is 8.69. The maximum absolute atomic E-state index is 9.61. The van der Waals surface area contributed by atoms with Gasteiger partial charge in [0.05, 0.1) is 13.2 Å². The second kappa shape index (κ2) is 2.50. The van der Waals surface area contributed by atoms with E-state index in [9.17, 15) is 10.2 Å². The normalized spacial score (nSPS) is 53.0. The Kier molecular flexibility index (Phi) is 1.55. The van der Waals surface area contributed by atoms with Crippen molar-refractivity contribution in [3.05, 3.63) is 24.3 Å². The second-order valence-electron chi connectivity index (χ2n) is 4.94. The highest BCUT2D eigenvalue weighted by Gasteiger charge is 2.71. The molecule has 3 rings (SSSR count). The van der Waals surface area contributed by atoms with E-state index in [1.807, 2.05) is 0 Å². The summed E-state index contributed by atoms with van der Waals surface area (Å²) in [5, 5.41) is 19.2. The Morgan fingerprint density at radius 1 is 0.929 bits per heavy atom. The molecule has 14 heavy (non-hydrogen) atoms. The van der Waals surface area contributed by atoms with Crippen LogP contribution in [0.2, 0.25) is 0 Å². The Bertz CT molecular complexity index is 288. The lowest BCUT2D eigenvalue weighted by Crippen LogP contribution is -2.70. The first-order chi connectivity index (χ1) is 6.81. The smallest absolute Gasteiger partial charge is 0.0502 e. The third-order valence-corrected chi connectivity index (χ3v) is 4.88. The molecule has 0 aromatic rings. The van der Waals surface area contributed by atoms with Gasteiger partial charge in [0, 0.05) is 10.8 Å². The highest BCUT2D eigenvalue weighted by molar-refractivity contribution is 5.35. The number of allylic oxidation sites excluding steroid dienone is 4. The summed E-state index contributed by atoms with van der Waals surface area (Å²) in [5.74, 6) is 1.04. The number of rotatable bonds is 2. The van der Waals surface area contributed by atoms with E-state index in [-0.39, 0.29) is 24.0 Å². The van der Waals surface area contributed by atoms with E-state index < -0.39 is 0 Å². The summed E-state index contributed by atoms with van der Waals surface area (Å²) < 4.78 is 0. The van der Waals surface area contributed by atoms with E-state index >= 15 is 0 Å². The fourth-order valence-electron chi connectivity index (χ4n) is 3.88. The summed E-state index contributed by atoms with van der Waals surface area (Å²) in [6.07, 6.45) is 10.6. The topological polar surface area (TPSA) is 40.5 Å². The third-order valence-electron chi connectivity index (χ3n) is 4.88. The van der Waals surface area contributed by atoms with Crippen molar-refractivity contribution in [2.24, 2.45) is 22.7 Å². The molecule has 0 heterocycles. The zero-order chi connectivity index (χ0) is 9.81. The van der Waals surface area contributed by atoms with Crippen molar-refractivity contribution in [2.75, 3.05) is 13.2 Å². The van der Waals surface area contributed by atoms with Gasteiger partial charge < -0.3 is 10.2 Å². The first-order valence-electron chi connectivity index (χ1n) is 5.36. The quantitative estimate of drug-likeness (QED) is 0.643. The van der Waals surface area contributed by atoms with Crippen LogP contribution in [0.4, 0.5) is 0 Å². The lowest BCUT2D eigenvalue weighted by Gasteiger charge is -2.72. The Morgan fingerprint density at radius 3 is 1.64 bits per heavy atom. The molecule has 0 bridgehead atoms. The highest BCUT2D eigenvalue weighted by Crippen LogP contribution is 2.73. The van der Waals surface area contributed by atoms with Crippen molar-refractivity contribution in [3.8, 4) is 0 Å². The van der Waals surface area contributed by atoms with Crippen LogP contribution < -0.4 is 0 Å². The van der Waals surface area contributed by atoms with E-state index in [1.54, 1.807) is 0 Å². The highest BCUT2D eigenvalue weighted by atomic mass is 16.3. The molecule has 3 aliphatic carbocycles. The number of hydrogen-bond donors (Lipinski definition) is 2. The van der Waals surface area contributed by atoms with Crippen molar-refractivity contribution < 1.29 is 10.2 Å². The molecule has 3 aliphatic rings. The monoisotopic (exact) mass is 192 g/mol. The van der Waals surface area contributed by atoms with Crippen LogP contribution in [0.25, 0.3) is 0 Å². The Hall–Kier alpha value is -0.600. The maximum atomic E-state index is 9.61. The molecule has 4 atom stereocenters. The summed E-state index contributed by atoms with van der Waals surface area (Å²) in [6, 6.07) is 0. The predicted molar refractivity (Wildman–Crippen MR) is 53.5 cm³/mol. The van der Waals surface area contributed by atoms with E-state index in [1.165, 1.54) is 0 Å². The molecule has 0 amide bonds. The molecule has 0 radical (unpaired) electrons. The van der Waals surface area contributed by atoms with E-state index in [2.05, 4.69) is 24.3 Å². The summed E-state index contributed by atoms with van der Waals surface area (Å²) in [4.78, 5) is 0. The molecule has 0 aliphatic heterocycles. The van der Waals surface area contributed by atoms with Crippen LogP contribution in [0.1, 0.15) is 12.8 Å². The summed E-state index contributed by atoms with van der Waals surface area (Å²) >= 11 is 0. The fourth-order valence-corrected chi connectivity index (χ4v) is 3.88. The molecule has 0 aromatic heterocycles. The molecule has 2 unspecified atom stereocenters. The third kappa shape index (κ3) is 0.625. The van der Waals surface area contributed by atoms with Gasteiger partial charge in [-0.25, -0.2) is 0 Å². The van der Waals surface area contributed by atoms with Gasteiger partial charge in [0.25, 0.3) is 0 Å². The van der Waals surface area contributed by atoms with Crippen molar-refractivity contribution in [3.63, 3.8) is 0 Å². The van der Waals surface area contributed by atoms with Gasteiger partial charge in [-0.15, -0.1) is 0 Å². The number of fused-ring (bicyclic) bond motifs is 4. The van der Waals surface area contributed by atoms with Crippen molar-refractivity contribution in [2.45, 2.75) is 12.8 Å². The molecule has 76 valence electrons. The Balaban J connectivity index is 2.06. The van der Waals surface area contributed by atoms with Gasteiger partial charge >= 0.3 is 0 Å². The maximum Gasteiger partial charge on any atom is 0.0502 e. The minimum Gasteiger partial charge on any atom is -0.396 e. The standard InChI is InChI=1S/C12H16O2/c13-7-11-5-1-2-6-12(11,8-14)10-4-3-9(10)11/h1-4,9-10,13-14H,5-8H2/t9?,10?,11-,12+. The SMILES string of the molecule is OC[C@@]12CC=CC[C@]1(CO)C1C=CC12. The lowest BCUT2D eigenvalue weighted by atomic mass is 9.32. The van der Waals surface area contributed by atoms with Crippen LogP contribution in [0.15, 0.2) is 24.3 Å². The van der Waals surface area contributed by atoms with Gasteiger partial charge in [0.15, 0.2) is 0 Å². The first-order valence-corrected chi connectivity index (χ1v) is 5.36. The number of aliphatic hydroxyl groups is 2. The molecule has 0 spiro atoms. The molecular weight excluding hydrogens is 176 g/mol. The van der Waals surface area contributed by atoms with Crippen LogP contribution in [-0.2, 0) is 0 Å². The van der Waals surface area contributed by atoms with Crippen molar-refractivity contribution >= 4 is 0 Å². The van der Waals surface area contributed by atoms with Crippen LogP contribution in [-0.4, -0.2) is 23.4 Å². The van der Waals surface area contributed by atoms with Crippen LogP contribution in [0.3, 0.4) is 0 Å². The van der Waals surface area contributed by atoms with Gasteiger partial charge in [-0.05, 0) is 24.7 Å².